The van der Waals surface area contributed by atoms with E-state index in [-0.39, 0.29) is 24.4 Å². The molecule has 104 valence electrons. The second kappa shape index (κ2) is 7.61. The van der Waals surface area contributed by atoms with Crippen LogP contribution in [0.25, 0.3) is 0 Å². The molecule has 0 radical (unpaired) electrons. The summed E-state index contributed by atoms with van der Waals surface area (Å²) in [7, 11) is 0. The van der Waals surface area contributed by atoms with Gasteiger partial charge >= 0.3 is 5.97 Å². The van der Waals surface area contributed by atoms with Crippen LogP contribution in [0, 0.1) is 11.6 Å². The fourth-order valence-corrected chi connectivity index (χ4v) is 1.64. The van der Waals surface area contributed by atoms with E-state index in [1.807, 2.05) is 0 Å². The summed E-state index contributed by atoms with van der Waals surface area (Å²) in [5.41, 5.74) is -0.240. The first-order valence-electron chi connectivity index (χ1n) is 6.19. The standard InChI is InChI=1S/C14H16F2O3/c1-2-19-13(18)9-4-3-8-12(17)10-6-5-7-11(15)14(10)16/h5-7H,2-4,8-9H2,1H3. The van der Waals surface area contributed by atoms with Gasteiger partial charge in [-0.1, -0.05) is 6.07 Å². The molecule has 0 spiro atoms. The predicted octanol–water partition coefficient (Wildman–Crippen LogP) is 3.27. The molecule has 0 unspecified atom stereocenters. The van der Waals surface area contributed by atoms with E-state index in [4.69, 9.17) is 4.74 Å². The van der Waals surface area contributed by atoms with E-state index >= 15 is 0 Å². The highest BCUT2D eigenvalue weighted by Gasteiger charge is 2.14. The Morgan fingerprint density at radius 1 is 1.16 bits per heavy atom. The van der Waals surface area contributed by atoms with Gasteiger partial charge in [-0.25, -0.2) is 8.78 Å². The van der Waals surface area contributed by atoms with Crippen molar-refractivity contribution in [3.05, 3.63) is 35.4 Å². The van der Waals surface area contributed by atoms with Crippen molar-refractivity contribution in [3.63, 3.8) is 0 Å². The maximum absolute atomic E-state index is 13.3. The van der Waals surface area contributed by atoms with Gasteiger partial charge in [0.05, 0.1) is 12.2 Å². The molecule has 0 N–H and O–H groups in total. The van der Waals surface area contributed by atoms with Crippen molar-refractivity contribution in [2.45, 2.75) is 32.6 Å². The number of rotatable bonds is 7. The van der Waals surface area contributed by atoms with Crippen LogP contribution in [0.2, 0.25) is 0 Å². The molecule has 0 atom stereocenters. The smallest absolute Gasteiger partial charge is 0.305 e. The van der Waals surface area contributed by atoms with E-state index in [9.17, 15) is 18.4 Å². The molecular formula is C14H16F2O3. The van der Waals surface area contributed by atoms with Gasteiger partial charge in [-0.05, 0) is 31.9 Å². The van der Waals surface area contributed by atoms with Gasteiger partial charge in [0.2, 0.25) is 0 Å². The van der Waals surface area contributed by atoms with Crippen molar-refractivity contribution in [1.82, 2.24) is 0 Å². The molecule has 3 nitrogen and oxygen atoms in total. The van der Waals surface area contributed by atoms with Crippen LogP contribution in [0.5, 0.6) is 0 Å². The van der Waals surface area contributed by atoms with Crippen LogP contribution >= 0.6 is 0 Å². The second-order valence-corrected chi connectivity index (χ2v) is 4.04. The van der Waals surface area contributed by atoms with Gasteiger partial charge in [-0.2, -0.15) is 0 Å². The lowest BCUT2D eigenvalue weighted by molar-refractivity contribution is -0.143. The normalized spacial score (nSPS) is 10.3. The molecule has 0 aliphatic carbocycles. The number of benzene rings is 1. The van der Waals surface area contributed by atoms with Gasteiger partial charge < -0.3 is 4.74 Å². The molecular weight excluding hydrogens is 254 g/mol. The Kier molecular flexibility index (Phi) is 6.12. The van der Waals surface area contributed by atoms with Gasteiger partial charge in [-0.3, -0.25) is 9.59 Å². The number of ether oxygens (including phenoxy) is 1. The molecule has 0 aromatic heterocycles. The first-order valence-corrected chi connectivity index (χ1v) is 6.19. The Labute approximate surface area is 110 Å². The molecule has 19 heavy (non-hydrogen) atoms. The van der Waals surface area contributed by atoms with Crippen molar-refractivity contribution in [1.29, 1.82) is 0 Å². The summed E-state index contributed by atoms with van der Waals surface area (Å²) in [6.07, 6.45) is 1.24. The average molecular weight is 270 g/mol. The van der Waals surface area contributed by atoms with E-state index in [0.717, 1.165) is 6.07 Å². The maximum atomic E-state index is 13.3. The average Bonchev–Trinajstić information content (AvgIpc) is 2.38. The number of hydrogen-bond donors (Lipinski definition) is 0. The molecule has 0 saturated heterocycles. The number of Topliss-reactive ketones (excluding diaryl/α,β-unsaturated/α-hetero) is 1. The van der Waals surface area contributed by atoms with Crippen LogP contribution in [-0.2, 0) is 9.53 Å². The summed E-state index contributed by atoms with van der Waals surface area (Å²) in [5, 5.41) is 0. The summed E-state index contributed by atoms with van der Waals surface area (Å²) in [6.45, 7) is 2.04. The number of carbonyl (C=O) groups excluding carboxylic acids is 2. The first kappa shape index (κ1) is 15.3. The van der Waals surface area contributed by atoms with Crippen LogP contribution in [0.3, 0.4) is 0 Å². The number of halogens is 2. The van der Waals surface area contributed by atoms with Gasteiger partial charge in [0.25, 0.3) is 0 Å². The lowest BCUT2D eigenvalue weighted by Crippen LogP contribution is -2.06. The molecule has 1 aromatic carbocycles. The predicted molar refractivity (Wildman–Crippen MR) is 65.8 cm³/mol. The second-order valence-electron chi connectivity index (χ2n) is 4.04. The molecule has 5 heteroatoms. The maximum Gasteiger partial charge on any atom is 0.305 e. The van der Waals surface area contributed by atoms with Crippen molar-refractivity contribution in [2.24, 2.45) is 0 Å². The fourth-order valence-electron chi connectivity index (χ4n) is 1.64. The van der Waals surface area contributed by atoms with Crippen LogP contribution in [0.15, 0.2) is 18.2 Å². The Balaban J connectivity index is 2.40. The quantitative estimate of drug-likeness (QED) is 0.434. The third-order valence-corrected chi connectivity index (χ3v) is 2.59. The highest BCUT2D eigenvalue weighted by molar-refractivity contribution is 5.96. The molecule has 0 aliphatic heterocycles. The SMILES string of the molecule is CCOC(=O)CCCCC(=O)c1cccc(F)c1F. The Morgan fingerprint density at radius 3 is 2.53 bits per heavy atom. The van der Waals surface area contributed by atoms with Gasteiger partial charge in [-0.15, -0.1) is 0 Å². The molecule has 1 rings (SSSR count). The molecule has 1 aromatic rings. The Hall–Kier alpha value is -1.78. The first-order chi connectivity index (χ1) is 9.06. The van der Waals surface area contributed by atoms with Gasteiger partial charge in [0, 0.05) is 12.8 Å². The minimum Gasteiger partial charge on any atom is -0.466 e. The van der Waals surface area contributed by atoms with Crippen LogP contribution in [0.4, 0.5) is 8.78 Å². The van der Waals surface area contributed by atoms with Crippen molar-refractivity contribution >= 4 is 11.8 Å². The number of hydrogen-bond acceptors (Lipinski definition) is 3. The number of ketones is 1. The lowest BCUT2D eigenvalue weighted by atomic mass is 10.0. The van der Waals surface area contributed by atoms with E-state index in [1.165, 1.54) is 12.1 Å². The van der Waals surface area contributed by atoms with Crippen LogP contribution < -0.4 is 0 Å². The highest BCUT2D eigenvalue weighted by Crippen LogP contribution is 2.15. The van der Waals surface area contributed by atoms with Gasteiger partial charge in [0.1, 0.15) is 0 Å². The van der Waals surface area contributed by atoms with Gasteiger partial charge in [0.15, 0.2) is 17.4 Å². The summed E-state index contributed by atoms with van der Waals surface area (Å²) >= 11 is 0. The summed E-state index contributed by atoms with van der Waals surface area (Å²) in [5.74, 6) is -2.91. The fraction of sp³-hybridized carbons (Fsp3) is 0.429. The molecule has 0 saturated carbocycles. The number of unbranched alkanes of at least 4 members (excludes halogenated alkanes) is 1. The van der Waals surface area contributed by atoms with E-state index in [1.54, 1.807) is 6.92 Å². The zero-order chi connectivity index (χ0) is 14.3. The van der Waals surface area contributed by atoms with E-state index in [0.29, 0.717) is 19.4 Å². The number of esters is 1. The molecule has 0 fully saturated rings. The summed E-state index contributed by atoms with van der Waals surface area (Å²) in [6, 6.07) is 3.52. The largest absolute Gasteiger partial charge is 0.466 e. The third kappa shape index (κ3) is 4.77. The minimum absolute atomic E-state index is 0.0831. The third-order valence-electron chi connectivity index (χ3n) is 2.59. The van der Waals surface area contributed by atoms with Crippen LogP contribution in [0.1, 0.15) is 43.0 Å². The summed E-state index contributed by atoms with van der Waals surface area (Å²) < 4.78 is 31.0. The highest BCUT2D eigenvalue weighted by atomic mass is 19.2. The Bertz CT molecular complexity index is 458. The zero-order valence-electron chi connectivity index (χ0n) is 10.7. The topological polar surface area (TPSA) is 43.4 Å². The summed E-state index contributed by atoms with van der Waals surface area (Å²) in [4.78, 5) is 22.7. The van der Waals surface area contributed by atoms with Crippen LogP contribution in [-0.4, -0.2) is 18.4 Å². The zero-order valence-corrected chi connectivity index (χ0v) is 10.7. The lowest BCUT2D eigenvalue weighted by Gasteiger charge is -2.04. The van der Waals surface area contributed by atoms with Crippen molar-refractivity contribution in [2.75, 3.05) is 6.61 Å². The molecule has 0 bridgehead atoms. The van der Waals surface area contributed by atoms with Crippen molar-refractivity contribution < 1.29 is 23.1 Å². The molecule has 0 heterocycles. The molecule has 0 aliphatic rings. The van der Waals surface area contributed by atoms with Crippen molar-refractivity contribution in [3.8, 4) is 0 Å². The monoisotopic (exact) mass is 270 g/mol. The Morgan fingerprint density at radius 2 is 1.84 bits per heavy atom. The molecule has 0 amide bonds. The number of carbonyl (C=O) groups is 2. The van der Waals surface area contributed by atoms with E-state index < -0.39 is 17.4 Å². The minimum atomic E-state index is -1.11. The van der Waals surface area contributed by atoms with E-state index in [2.05, 4.69) is 0 Å².